The van der Waals surface area contributed by atoms with Crippen molar-refractivity contribution in [2.24, 2.45) is 0 Å². The van der Waals surface area contributed by atoms with Gasteiger partial charge < -0.3 is 10.2 Å². The molecule has 1 aliphatic heterocycles. The van der Waals surface area contributed by atoms with Crippen LogP contribution in [0.4, 0.5) is 5.69 Å². The summed E-state index contributed by atoms with van der Waals surface area (Å²) in [6, 6.07) is 17.4. The summed E-state index contributed by atoms with van der Waals surface area (Å²) in [6.45, 7) is 5.11. The van der Waals surface area contributed by atoms with Crippen LogP contribution in [-0.2, 0) is 13.1 Å². The van der Waals surface area contributed by atoms with Crippen molar-refractivity contribution in [3.05, 3.63) is 64.7 Å². The van der Waals surface area contributed by atoms with Gasteiger partial charge in [0.1, 0.15) is 0 Å². The topological polar surface area (TPSA) is 15.3 Å². The van der Waals surface area contributed by atoms with Gasteiger partial charge in [-0.15, -0.1) is 0 Å². The van der Waals surface area contributed by atoms with Gasteiger partial charge in [0.2, 0.25) is 0 Å². The van der Waals surface area contributed by atoms with Crippen LogP contribution in [0.1, 0.15) is 24.5 Å². The zero-order valence-corrected chi connectivity index (χ0v) is 13.1. The Morgan fingerprint density at radius 2 is 2.05 bits per heavy atom. The number of fused-ring (bicyclic) bond motifs is 1. The Labute approximate surface area is 131 Å². The number of rotatable bonds is 3. The molecule has 0 aromatic heterocycles. The van der Waals surface area contributed by atoms with Crippen molar-refractivity contribution in [1.29, 1.82) is 0 Å². The molecule has 2 aromatic rings. The summed E-state index contributed by atoms with van der Waals surface area (Å²) in [4.78, 5) is 2.47. The molecule has 0 spiro atoms. The molecule has 1 aliphatic rings. The Kier molecular flexibility index (Phi) is 4.47. The fourth-order valence-electron chi connectivity index (χ4n) is 2.93. The molecule has 110 valence electrons. The maximum absolute atomic E-state index is 6.12. The predicted molar refractivity (Wildman–Crippen MR) is 89.9 cm³/mol. The standard InChI is InChI=1S/C18H21ClN2/c1-2-17-13-21(12-14-6-5-8-16(19)10-14)18-9-4-3-7-15(18)11-20-17/h3-10,17,20H,2,11-13H2,1H3. The van der Waals surface area contributed by atoms with Crippen LogP contribution >= 0.6 is 11.6 Å². The minimum absolute atomic E-state index is 0.525. The van der Waals surface area contributed by atoms with Crippen molar-refractivity contribution >= 4 is 17.3 Å². The zero-order chi connectivity index (χ0) is 14.7. The van der Waals surface area contributed by atoms with Crippen LogP contribution in [0.15, 0.2) is 48.5 Å². The van der Waals surface area contributed by atoms with E-state index >= 15 is 0 Å². The monoisotopic (exact) mass is 300 g/mol. The molecule has 1 atom stereocenters. The van der Waals surface area contributed by atoms with Gasteiger partial charge in [0.15, 0.2) is 0 Å². The van der Waals surface area contributed by atoms with Gasteiger partial charge in [-0.2, -0.15) is 0 Å². The maximum Gasteiger partial charge on any atom is 0.0430 e. The average molecular weight is 301 g/mol. The van der Waals surface area contributed by atoms with Crippen molar-refractivity contribution in [2.75, 3.05) is 11.4 Å². The molecule has 3 heteroatoms. The molecule has 1 heterocycles. The van der Waals surface area contributed by atoms with Crippen molar-refractivity contribution in [3.63, 3.8) is 0 Å². The summed E-state index contributed by atoms with van der Waals surface area (Å²) in [7, 11) is 0. The first-order chi connectivity index (χ1) is 10.3. The van der Waals surface area contributed by atoms with Crippen LogP contribution in [0.25, 0.3) is 0 Å². The molecule has 0 saturated heterocycles. The molecule has 21 heavy (non-hydrogen) atoms. The van der Waals surface area contributed by atoms with E-state index in [1.54, 1.807) is 0 Å². The summed E-state index contributed by atoms with van der Waals surface area (Å²) in [5.74, 6) is 0. The van der Waals surface area contributed by atoms with E-state index in [2.05, 4.69) is 53.5 Å². The fourth-order valence-corrected chi connectivity index (χ4v) is 3.14. The maximum atomic E-state index is 6.12. The number of anilines is 1. The van der Waals surface area contributed by atoms with E-state index in [0.717, 1.165) is 31.1 Å². The second-order valence-electron chi connectivity index (χ2n) is 5.63. The Balaban J connectivity index is 1.90. The normalized spacial score (nSPS) is 18.2. The number of nitrogens with one attached hydrogen (secondary N) is 1. The van der Waals surface area contributed by atoms with E-state index in [0.29, 0.717) is 6.04 Å². The van der Waals surface area contributed by atoms with Gasteiger partial charge in [-0.05, 0) is 35.7 Å². The minimum Gasteiger partial charge on any atom is -0.365 e. The van der Waals surface area contributed by atoms with Crippen molar-refractivity contribution in [2.45, 2.75) is 32.5 Å². The second-order valence-corrected chi connectivity index (χ2v) is 6.06. The molecule has 0 radical (unpaired) electrons. The third-order valence-electron chi connectivity index (χ3n) is 4.11. The molecule has 3 rings (SSSR count). The first-order valence-electron chi connectivity index (χ1n) is 7.57. The van der Waals surface area contributed by atoms with Gasteiger partial charge >= 0.3 is 0 Å². The smallest absolute Gasteiger partial charge is 0.0430 e. The highest BCUT2D eigenvalue weighted by molar-refractivity contribution is 6.30. The minimum atomic E-state index is 0.525. The summed E-state index contributed by atoms with van der Waals surface area (Å²) >= 11 is 6.12. The van der Waals surface area contributed by atoms with Crippen LogP contribution in [0.3, 0.4) is 0 Å². The lowest BCUT2D eigenvalue weighted by atomic mass is 10.1. The van der Waals surface area contributed by atoms with Crippen LogP contribution < -0.4 is 10.2 Å². The van der Waals surface area contributed by atoms with Gasteiger partial charge in [-0.3, -0.25) is 0 Å². The van der Waals surface area contributed by atoms with Crippen LogP contribution in [0, 0.1) is 0 Å². The molecule has 1 unspecified atom stereocenters. The summed E-state index contributed by atoms with van der Waals surface area (Å²) in [5, 5.41) is 4.45. The lowest BCUT2D eigenvalue weighted by Crippen LogP contribution is -2.37. The van der Waals surface area contributed by atoms with E-state index in [1.807, 2.05) is 12.1 Å². The van der Waals surface area contributed by atoms with Gasteiger partial charge in [0.25, 0.3) is 0 Å². The molecule has 1 N–H and O–H groups in total. The first kappa shape index (κ1) is 14.4. The van der Waals surface area contributed by atoms with E-state index in [-0.39, 0.29) is 0 Å². The third kappa shape index (κ3) is 3.39. The molecule has 0 aliphatic carbocycles. The molecule has 2 nitrogen and oxygen atoms in total. The number of hydrogen-bond acceptors (Lipinski definition) is 2. The van der Waals surface area contributed by atoms with E-state index in [9.17, 15) is 0 Å². The van der Waals surface area contributed by atoms with E-state index < -0.39 is 0 Å². The van der Waals surface area contributed by atoms with Crippen LogP contribution in [0.5, 0.6) is 0 Å². The molecule has 0 amide bonds. The Hall–Kier alpha value is -1.51. The molecular formula is C18H21ClN2. The Morgan fingerprint density at radius 1 is 1.19 bits per heavy atom. The van der Waals surface area contributed by atoms with Crippen molar-refractivity contribution < 1.29 is 0 Å². The number of nitrogens with zero attached hydrogens (tertiary/aromatic N) is 1. The average Bonchev–Trinajstić information content (AvgIpc) is 2.67. The highest BCUT2D eigenvalue weighted by atomic mass is 35.5. The SMILES string of the molecule is CCC1CN(Cc2cccc(Cl)c2)c2ccccc2CN1. The van der Waals surface area contributed by atoms with E-state index in [4.69, 9.17) is 11.6 Å². The van der Waals surface area contributed by atoms with E-state index in [1.165, 1.54) is 16.8 Å². The lowest BCUT2D eigenvalue weighted by Gasteiger charge is -2.27. The number of benzene rings is 2. The predicted octanol–water partition coefficient (Wildman–Crippen LogP) is 4.23. The highest BCUT2D eigenvalue weighted by Crippen LogP contribution is 2.26. The fraction of sp³-hybridized carbons (Fsp3) is 0.333. The largest absolute Gasteiger partial charge is 0.365 e. The van der Waals surface area contributed by atoms with Gasteiger partial charge in [-0.1, -0.05) is 48.9 Å². The van der Waals surface area contributed by atoms with Gasteiger partial charge in [-0.25, -0.2) is 0 Å². The number of halogens is 1. The zero-order valence-electron chi connectivity index (χ0n) is 12.3. The summed E-state index contributed by atoms with van der Waals surface area (Å²) < 4.78 is 0. The van der Waals surface area contributed by atoms with Gasteiger partial charge in [0, 0.05) is 36.4 Å². The van der Waals surface area contributed by atoms with Crippen LogP contribution in [0.2, 0.25) is 5.02 Å². The molecule has 2 aromatic carbocycles. The molecule has 0 bridgehead atoms. The van der Waals surface area contributed by atoms with Crippen LogP contribution in [-0.4, -0.2) is 12.6 Å². The first-order valence-corrected chi connectivity index (χ1v) is 7.94. The quantitative estimate of drug-likeness (QED) is 0.912. The van der Waals surface area contributed by atoms with Gasteiger partial charge in [0.05, 0.1) is 0 Å². The summed E-state index contributed by atoms with van der Waals surface area (Å²) in [6.07, 6.45) is 1.14. The third-order valence-corrected chi connectivity index (χ3v) is 4.34. The van der Waals surface area contributed by atoms with Crippen molar-refractivity contribution in [3.8, 4) is 0 Å². The molecular weight excluding hydrogens is 280 g/mol. The highest BCUT2D eigenvalue weighted by Gasteiger charge is 2.20. The summed E-state index contributed by atoms with van der Waals surface area (Å²) in [5.41, 5.74) is 3.96. The molecule has 0 fully saturated rings. The lowest BCUT2D eigenvalue weighted by molar-refractivity contribution is 0.502. The Morgan fingerprint density at radius 3 is 2.86 bits per heavy atom. The number of para-hydroxylation sites is 1. The second kappa shape index (κ2) is 6.50. The molecule has 0 saturated carbocycles. The Bertz CT molecular complexity index is 612. The number of hydrogen-bond donors (Lipinski definition) is 1. The van der Waals surface area contributed by atoms with Crippen molar-refractivity contribution in [1.82, 2.24) is 5.32 Å².